The summed E-state index contributed by atoms with van der Waals surface area (Å²) in [6.07, 6.45) is 2.71. The van der Waals surface area contributed by atoms with Crippen molar-refractivity contribution in [3.8, 4) is 5.75 Å². The van der Waals surface area contributed by atoms with Crippen molar-refractivity contribution in [3.05, 3.63) is 24.3 Å². The third kappa shape index (κ3) is 5.09. The quantitative estimate of drug-likeness (QED) is 0.814. The number of likely N-dealkylation sites (tertiary alicyclic amines) is 1. The van der Waals surface area contributed by atoms with E-state index in [-0.39, 0.29) is 24.4 Å². The zero-order valence-corrected chi connectivity index (χ0v) is 13.9. The van der Waals surface area contributed by atoms with Crippen LogP contribution in [0.2, 0.25) is 0 Å². The topological polar surface area (TPSA) is 55.6 Å². The van der Waals surface area contributed by atoms with Gasteiger partial charge in [-0.15, -0.1) is 24.2 Å². The molecule has 1 atom stereocenters. The maximum Gasteiger partial charge on any atom is 0.223 e. The molecule has 21 heavy (non-hydrogen) atoms. The van der Waals surface area contributed by atoms with Crippen molar-refractivity contribution in [2.24, 2.45) is 5.73 Å². The Morgan fingerprint density at radius 3 is 2.76 bits per heavy atom. The number of carbonyl (C=O) groups is 1. The fourth-order valence-electron chi connectivity index (χ4n) is 2.48. The molecule has 0 saturated carbocycles. The minimum atomic E-state index is 0. The van der Waals surface area contributed by atoms with Crippen LogP contribution >= 0.6 is 24.2 Å². The maximum absolute atomic E-state index is 12.1. The number of nitrogens with zero attached hydrogens (tertiary/aromatic N) is 1. The molecule has 1 aliphatic rings. The van der Waals surface area contributed by atoms with E-state index in [0.29, 0.717) is 13.0 Å². The summed E-state index contributed by atoms with van der Waals surface area (Å²) in [6.45, 7) is 1.45. The number of amides is 1. The molecule has 0 spiro atoms. The average Bonchev–Trinajstić information content (AvgIpc) is 2.96. The molecule has 118 valence electrons. The largest absolute Gasteiger partial charge is 0.497 e. The monoisotopic (exact) mass is 330 g/mol. The van der Waals surface area contributed by atoms with Gasteiger partial charge < -0.3 is 15.4 Å². The lowest BCUT2D eigenvalue weighted by atomic mass is 10.2. The van der Waals surface area contributed by atoms with Gasteiger partial charge in [0, 0.05) is 36.2 Å². The lowest BCUT2D eigenvalue weighted by Crippen LogP contribution is -2.40. The predicted molar refractivity (Wildman–Crippen MR) is 89.4 cm³/mol. The van der Waals surface area contributed by atoms with E-state index >= 15 is 0 Å². The second kappa shape index (κ2) is 9.18. The third-order valence-corrected chi connectivity index (χ3v) is 4.63. The van der Waals surface area contributed by atoms with E-state index in [2.05, 4.69) is 0 Å². The van der Waals surface area contributed by atoms with Crippen molar-refractivity contribution in [2.45, 2.75) is 30.2 Å². The zero-order chi connectivity index (χ0) is 14.4. The number of rotatable bonds is 6. The number of thioether (sulfide) groups is 1. The van der Waals surface area contributed by atoms with Crippen molar-refractivity contribution in [1.29, 1.82) is 0 Å². The van der Waals surface area contributed by atoms with E-state index in [9.17, 15) is 4.79 Å². The molecule has 2 N–H and O–H groups in total. The fraction of sp³-hybridized carbons (Fsp3) is 0.533. The molecule has 1 aromatic carbocycles. The second-order valence-electron chi connectivity index (χ2n) is 4.89. The Morgan fingerprint density at radius 2 is 2.14 bits per heavy atom. The Balaban J connectivity index is 0.00000220. The number of hydrogen-bond donors (Lipinski definition) is 1. The van der Waals surface area contributed by atoms with Crippen LogP contribution in [0.1, 0.15) is 19.3 Å². The molecule has 1 amide bonds. The molecule has 1 aliphatic heterocycles. The SMILES string of the molecule is COc1ccc(SCCC(=O)N2CCCC2CN)cc1.Cl. The smallest absolute Gasteiger partial charge is 0.223 e. The van der Waals surface area contributed by atoms with E-state index in [1.165, 1.54) is 0 Å². The number of methoxy groups -OCH3 is 1. The Morgan fingerprint density at radius 1 is 1.43 bits per heavy atom. The highest BCUT2D eigenvalue weighted by Crippen LogP contribution is 2.23. The Hall–Kier alpha value is -0.910. The van der Waals surface area contributed by atoms with Crippen LogP contribution in [-0.2, 0) is 4.79 Å². The Bertz CT molecular complexity index is 442. The molecule has 1 aromatic rings. The molecule has 1 saturated heterocycles. The van der Waals surface area contributed by atoms with Gasteiger partial charge in [-0.05, 0) is 37.1 Å². The van der Waals surface area contributed by atoms with Crippen molar-refractivity contribution in [3.63, 3.8) is 0 Å². The van der Waals surface area contributed by atoms with E-state index in [4.69, 9.17) is 10.5 Å². The van der Waals surface area contributed by atoms with Crippen LogP contribution in [0.5, 0.6) is 5.75 Å². The van der Waals surface area contributed by atoms with E-state index in [1.54, 1.807) is 18.9 Å². The van der Waals surface area contributed by atoms with Crippen LogP contribution in [0.3, 0.4) is 0 Å². The summed E-state index contributed by atoms with van der Waals surface area (Å²) in [6, 6.07) is 8.18. The first kappa shape index (κ1) is 18.1. The molecule has 1 heterocycles. The lowest BCUT2D eigenvalue weighted by molar-refractivity contribution is -0.131. The summed E-state index contributed by atoms with van der Waals surface area (Å²) in [5.74, 6) is 1.89. The fourth-order valence-corrected chi connectivity index (χ4v) is 3.32. The number of halogens is 1. The molecular formula is C15H23ClN2O2S. The minimum Gasteiger partial charge on any atom is -0.497 e. The summed E-state index contributed by atoms with van der Waals surface area (Å²) in [7, 11) is 1.66. The normalized spacial score (nSPS) is 17.4. The molecule has 0 aromatic heterocycles. The lowest BCUT2D eigenvalue weighted by Gasteiger charge is -2.23. The first-order valence-corrected chi connectivity index (χ1v) is 7.99. The number of benzene rings is 1. The van der Waals surface area contributed by atoms with Crippen LogP contribution in [0.15, 0.2) is 29.2 Å². The molecule has 1 fully saturated rings. The Kier molecular flexibility index (Phi) is 7.93. The van der Waals surface area contributed by atoms with Crippen LogP contribution in [-0.4, -0.2) is 42.8 Å². The third-order valence-electron chi connectivity index (χ3n) is 3.61. The van der Waals surface area contributed by atoms with Crippen molar-refractivity contribution >= 4 is 30.1 Å². The number of nitrogens with two attached hydrogens (primary N) is 1. The molecular weight excluding hydrogens is 308 g/mol. The van der Waals surface area contributed by atoms with Crippen molar-refractivity contribution < 1.29 is 9.53 Å². The predicted octanol–water partition coefficient (Wildman–Crippen LogP) is 2.55. The first-order valence-electron chi connectivity index (χ1n) is 7.01. The highest BCUT2D eigenvalue weighted by molar-refractivity contribution is 7.99. The maximum atomic E-state index is 12.1. The standard InChI is InChI=1S/C15H22N2O2S.ClH/c1-19-13-4-6-14(7-5-13)20-10-8-15(18)17-9-2-3-12(17)11-16;/h4-7,12H,2-3,8-11,16H2,1H3;1H. The van der Waals surface area contributed by atoms with Gasteiger partial charge in [0.1, 0.15) is 5.75 Å². The van der Waals surface area contributed by atoms with Gasteiger partial charge in [-0.2, -0.15) is 0 Å². The van der Waals surface area contributed by atoms with Gasteiger partial charge in [0.15, 0.2) is 0 Å². The number of carbonyl (C=O) groups excluding carboxylic acids is 1. The molecule has 0 aliphatic carbocycles. The molecule has 1 unspecified atom stereocenters. The number of hydrogen-bond acceptors (Lipinski definition) is 4. The van der Waals surface area contributed by atoms with Crippen LogP contribution < -0.4 is 10.5 Å². The van der Waals surface area contributed by atoms with Crippen LogP contribution in [0.25, 0.3) is 0 Å². The van der Waals surface area contributed by atoms with Gasteiger partial charge in [0.25, 0.3) is 0 Å². The molecule has 0 bridgehead atoms. The minimum absolute atomic E-state index is 0. The molecule has 4 nitrogen and oxygen atoms in total. The van der Waals surface area contributed by atoms with Crippen LogP contribution in [0.4, 0.5) is 0 Å². The van der Waals surface area contributed by atoms with E-state index < -0.39 is 0 Å². The van der Waals surface area contributed by atoms with Crippen molar-refractivity contribution in [1.82, 2.24) is 4.90 Å². The summed E-state index contributed by atoms with van der Waals surface area (Å²) in [5, 5.41) is 0. The molecule has 2 rings (SSSR count). The van der Waals surface area contributed by atoms with Crippen molar-refractivity contribution in [2.75, 3.05) is 26.0 Å². The van der Waals surface area contributed by atoms with Crippen LogP contribution in [0, 0.1) is 0 Å². The van der Waals surface area contributed by atoms with Gasteiger partial charge in [0.05, 0.1) is 7.11 Å². The molecule has 6 heteroatoms. The summed E-state index contributed by atoms with van der Waals surface area (Å²) < 4.78 is 5.12. The molecule has 0 radical (unpaired) electrons. The number of ether oxygens (including phenoxy) is 1. The summed E-state index contributed by atoms with van der Waals surface area (Å²) in [4.78, 5) is 15.3. The Labute approximate surface area is 136 Å². The zero-order valence-electron chi connectivity index (χ0n) is 12.3. The van der Waals surface area contributed by atoms with Gasteiger partial charge in [-0.1, -0.05) is 0 Å². The van der Waals surface area contributed by atoms with Gasteiger partial charge in [-0.3, -0.25) is 4.79 Å². The summed E-state index contributed by atoms with van der Waals surface area (Å²) >= 11 is 1.70. The highest BCUT2D eigenvalue weighted by Gasteiger charge is 2.26. The summed E-state index contributed by atoms with van der Waals surface area (Å²) in [5.41, 5.74) is 5.70. The second-order valence-corrected chi connectivity index (χ2v) is 6.06. The van der Waals surface area contributed by atoms with Gasteiger partial charge in [-0.25, -0.2) is 0 Å². The average molecular weight is 331 g/mol. The van der Waals surface area contributed by atoms with Gasteiger partial charge in [0.2, 0.25) is 5.91 Å². The van der Waals surface area contributed by atoms with Gasteiger partial charge >= 0.3 is 0 Å². The first-order chi connectivity index (χ1) is 9.74. The van der Waals surface area contributed by atoms with E-state index in [1.807, 2.05) is 29.2 Å². The highest BCUT2D eigenvalue weighted by atomic mass is 35.5. The van der Waals surface area contributed by atoms with E-state index in [0.717, 1.165) is 35.8 Å².